The third-order valence-corrected chi connectivity index (χ3v) is 7.47. The minimum Gasteiger partial charge on any atom is -0.353 e. The van der Waals surface area contributed by atoms with Crippen molar-refractivity contribution in [2.45, 2.75) is 55.2 Å². The number of nitrogens with one attached hydrogen (secondary N) is 2. The van der Waals surface area contributed by atoms with Gasteiger partial charge in [-0.15, -0.1) is 11.8 Å². The average molecular weight is 379 g/mol. The molecule has 1 heterocycles. The second-order valence-corrected chi connectivity index (χ2v) is 9.32. The van der Waals surface area contributed by atoms with Gasteiger partial charge < -0.3 is 10.6 Å². The number of amides is 2. The Kier molecular flexibility index (Phi) is 4.71. The van der Waals surface area contributed by atoms with Gasteiger partial charge in [-0.2, -0.15) is 0 Å². The van der Waals surface area contributed by atoms with Crippen molar-refractivity contribution >= 4 is 40.9 Å². The zero-order valence-electron chi connectivity index (χ0n) is 14.3. The van der Waals surface area contributed by atoms with Crippen LogP contribution in [0.25, 0.3) is 0 Å². The zero-order valence-corrected chi connectivity index (χ0v) is 15.8. The third-order valence-electron chi connectivity index (χ3n) is 5.96. The van der Waals surface area contributed by atoms with Crippen LogP contribution in [0, 0.1) is 17.8 Å². The number of hydrogen-bond acceptors (Lipinski definition) is 3. The molecule has 0 unspecified atom stereocenters. The molecule has 2 amide bonds. The number of carbonyl (C=O) groups is 2. The molecule has 1 aromatic carbocycles. The number of benzene rings is 1. The first-order valence-corrected chi connectivity index (χ1v) is 10.3. The van der Waals surface area contributed by atoms with E-state index < -0.39 is 0 Å². The van der Waals surface area contributed by atoms with Crippen LogP contribution in [-0.4, -0.2) is 23.1 Å². The van der Waals surface area contributed by atoms with Gasteiger partial charge in [0.2, 0.25) is 11.8 Å². The molecule has 1 aliphatic heterocycles. The van der Waals surface area contributed by atoms with Crippen LogP contribution in [0.1, 0.15) is 39.0 Å². The van der Waals surface area contributed by atoms with E-state index in [1.165, 1.54) is 37.4 Å². The molecule has 5 atom stereocenters. The van der Waals surface area contributed by atoms with Crippen molar-refractivity contribution in [3.05, 3.63) is 23.2 Å². The van der Waals surface area contributed by atoms with Gasteiger partial charge in [0.25, 0.3) is 0 Å². The monoisotopic (exact) mass is 378 g/mol. The summed E-state index contributed by atoms with van der Waals surface area (Å²) < 4.78 is 0. The summed E-state index contributed by atoms with van der Waals surface area (Å²) >= 11 is 7.41. The van der Waals surface area contributed by atoms with Crippen LogP contribution in [0.5, 0.6) is 0 Å². The lowest BCUT2D eigenvalue weighted by atomic mass is 9.84. The summed E-state index contributed by atoms with van der Waals surface area (Å²) in [6.07, 6.45) is 5.48. The lowest BCUT2D eigenvalue weighted by Crippen LogP contribution is -2.42. The molecular formula is C19H23ClN2O2S. The van der Waals surface area contributed by atoms with Gasteiger partial charge in [-0.3, -0.25) is 9.59 Å². The van der Waals surface area contributed by atoms with Gasteiger partial charge >= 0.3 is 0 Å². The predicted molar refractivity (Wildman–Crippen MR) is 101 cm³/mol. The summed E-state index contributed by atoms with van der Waals surface area (Å²) in [5.74, 6) is 2.11. The Bertz CT molecular complexity index is 711. The van der Waals surface area contributed by atoms with E-state index in [1.54, 1.807) is 12.1 Å². The van der Waals surface area contributed by atoms with Crippen molar-refractivity contribution in [2.75, 3.05) is 5.32 Å². The Morgan fingerprint density at radius 3 is 2.96 bits per heavy atom. The SMILES string of the molecule is C[C@H](NC(=O)C[C@H]1Sc2ccc(Cl)cc2NC1=O)[C@@H]1C[C@H]2CC[C@H]1C2. The van der Waals surface area contributed by atoms with Crippen molar-refractivity contribution in [3.63, 3.8) is 0 Å². The minimum absolute atomic E-state index is 0.0275. The molecule has 2 saturated carbocycles. The highest BCUT2D eigenvalue weighted by Gasteiger charge is 2.42. The van der Waals surface area contributed by atoms with Crippen LogP contribution in [0.15, 0.2) is 23.1 Å². The highest BCUT2D eigenvalue weighted by Crippen LogP contribution is 2.49. The Labute approximate surface area is 157 Å². The predicted octanol–water partition coefficient (Wildman–Crippen LogP) is 4.08. The first-order valence-electron chi connectivity index (χ1n) is 9.06. The molecule has 0 aromatic heterocycles. The molecule has 1 aromatic rings. The maximum atomic E-state index is 12.5. The van der Waals surface area contributed by atoms with Gasteiger partial charge in [-0.25, -0.2) is 0 Å². The summed E-state index contributed by atoms with van der Waals surface area (Å²) in [5, 5.41) is 6.22. The van der Waals surface area contributed by atoms with Gasteiger partial charge in [0.1, 0.15) is 0 Å². The zero-order chi connectivity index (χ0) is 17.6. The van der Waals surface area contributed by atoms with Crippen LogP contribution >= 0.6 is 23.4 Å². The fourth-order valence-electron chi connectivity index (χ4n) is 4.75. The quantitative estimate of drug-likeness (QED) is 0.829. The number of halogens is 1. The molecule has 0 saturated heterocycles. The van der Waals surface area contributed by atoms with Crippen LogP contribution in [-0.2, 0) is 9.59 Å². The van der Waals surface area contributed by atoms with Crippen LogP contribution < -0.4 is 10.6 Å². The Morgan fingerprint density at radius 2 is 2.24 bits per heavy atom. The normalized spacial score (nSPS) is 31.4. The lowest BCUT2D eigenvalue weighted by molar-refractivity contribution is -0.124. The van der Waals surface area contributed by atoms with Crippen molar-refractivity contribution in [3.8, 4) is 0 Å². The van der Waals surface area contributed by atoms with Crippen LogP contribution in [0.3, 0.4) is 0 Å². The second-order valence-electron chi connectivity index (χ2n) is 7.64. The molecule has 2 fully saturated rings. The summed E-state index contributed by atoms with van der Waals surface area (Å²) in [6.45, 7) is 2.12. The topological polar surface area (TPSA) is 58.2 Å². The van der Waals surface area contributed by atoms with E-state index >= 15 is 0 Å². The van der Waals surface area contributed by atoms with E-state index in [0.29, 0.717) is 10.9 Å². The van der Waals surface area contributed by atoms with E-state index in [1.807, 2.05) is 6.07 Å². The molecule has 25 heavy (non-hydrogen) atoms. The summed E-state index contributed by atoms with van der Waals surface area (Å²) in [4.78, 5) is 25.7. The van der Waals surface area contributed by atoms with Gasteiger partial charge in [-0.05, 0) is 62.1 Å². The van der Waals surface area contributed by atoms with Crippen molar-refractivity contribution in [1.82, 2.24) is 5.32 Å². The molecule has 4 rings (SSSR count). The molecule has 0 spiro atoms. The van der Waals surface area contributed by atoms with Gasteiger partial charge in [0.15, 0.2) is 0 Å². The van der Waals surface area contributed by atoms with E-state index in [4.69, 9.17) is 11.6 Å². The van der Waals surface area contributed by atoms with Crippen LogP contribution in [0.4, 0.5) is 5.69 Å². The van der Waals surface area contributed by atoms with E-state index in [9.17, 15) is 9.59 Å². The van der Waals surface area contributed by atoms with Crippen LogP contribution in [0.2, 0.25) is 5.02 Å². The number of carbonyl (C=O) groups excluding carboxylic acids is 2. The highest BCUT2D eigenvalue weighted by molar-refractivity contribution is 8.01. The third kappa shape index (κ3) is 3.54. The molecular weight excluding hydrogens is 356 g/mol. The number of thioether (sulfide) groups is 1. The average Bonchev–Trinajstić information content (AvgIpc) is 3.19. The number of hydrogen-bond donors (Lipinski definition) is 2. The maximum Gasteiger partial charge on any atom is 0.238 e. The number of fused-ring (bicyclic) bond motifs is 3. The molecule has 134 valence electrons. The Morgan fingerprint density at radius 1 is 1.40 bits per heavy atom. The lowest BCUT2D eigenvalue weighted by Gasteiger charge is -2.29. The first-order chi connectivity index (χ1) is 12.0. The second kappa shape index (κ2) is 6.84. The Balaban J connectivity index is 1.34. The smallest absolute Gasteiger partial charge is 0.238 e. The molecule has 2 aliphatic carbocycles. The first kappa shape index (κ1) is 17.2. The molecule has 6 heteroatoms. The van der Waals surface area contributed by atoms with Crippen molar-refractivity contribution in [1.29, 1.82) is 0 Å². The summed E-state index contributed by atoms with van der Waals surface area (Å²) in [7, 11) is 0. The Hall–Kier alpha value is -1.20. The molecule has 3 aliphatic rings. The number of anilines is 1. The van der Waals surface area contributed by atoms with Crippen molar-refractivity contribution < 1.29 is 9.59 Å². The molecule has 4 nitrogen and oxygen atoms in total. The van der Waals surface area contributed by atoms with Gasteiger partial charge in [-0.1, -0.05) is 18.0 Å². The number of rotatable bonds is 4. The fourth-order valence-corrected chi connectivity index (χ4v) is 6.01. The maximum absolute atomic E-state index is 12.5. The van der Waals surface area contributed by atoms with E-state index in [0.717, 1.165) is 22.4 Å². The highest BCUT2D eigenvalue weighted by atomic mass is 35.5. The molecule has 0 radical (unpaired) electrons. The molecule has 2 N–H and O–H groups in total. The van der Waals surface area contributed by atoms with Gasteiger partial charge in [0.05, 0.1) is 10.9 Å². The van der Waals surface area contributed by atoms with E-state index in [2.05, 4.69) is 17.6 Å². The largest absolute Gasteiger partial charge is 0.353 e. The fraction of sp³-hybridized carbons (Fsp3) is 0.579. The van der Waals surface area contributed by atoms with Gasteiger partial charge in [0, 0.05) is 22.4 Å². The summed E-state index contributed by atoms with van der Waals surface area (Å²) in [5.41, 5.74) is 0.731. The van der Waals surface area contributed by atoms with Crippen molar-refractivity contribution in [2.24, 2.45) is 17.8 Å². The van der Waals surface area contributed by atoms with E-state index in [-0.39, 0.29) is 29.5 Å². The summed E-state index contributed by atoms with van der Waals surface area (Å²) in [6, 6.07) is 5.64. The standard InChI is InChI=1S/C19H23ClN2O2S/c1-10(14-7-11-2-3-12(14)6-11)21-18(23)9-17-19(24)22-15-8-13(20)4-5-16(15)25-17/h4-5,8,10-12,14,17H,2-3,6-7,9H2,1H3,(H,21,23)(H,22,24)/t10-,11-,12-,14-,17+/m0/s1. The molecule has 2 bridgehead atoms. The minimum atomic E-state index is -0.388.